The van der Waals surface area contributed by atoms with Gasteiger partial charge in [-0.05, 0) is 37.5 Å². The number of fused-ring (bicyclic) bond motifs is 2. The van der Waals surface area contributed by atoms with Crippen LogP contribution < -0.4 is 0 Å². The van der Waals surface area contributed by atoms with E-state index in [1.807, 2.05) is 0 Å². The number of rotatable bonds is 3. The molecule has 1 N–H and O–H groups in total. The second-order valence-electron chi connectivity index (χ2n) is 5.96. The zero-order valence-electron chi connectivity index (χ0n) is 13.5. The van der Waals surface area contributed by atoms with E-state index in [1.165, 1.54) is 0 Å². The number of ether oxygens (including phenoxy) is 1. The highest BCUT2D eigenvalue weighted by Gasteiger charge is 2.40. The average Bonchev–Trinajstić information content (AvgIpc) is 3.37. The Hall–Kier alpha value is -1.87. The second-order valence-corrected chi connectivity index (χ2v) is 5.96. The molecule has 4 aliphatic rings. The van der Waals surface area contributed by atoms with Crippen molar-refractivity contribution in [2.75, 3.05) is 13.2 Å². The maximum atomic E-state index is 11.4. The first kappa shape index (κ1) is 17.5. The fourth-order valence-electron chi connectivity index (χ4n) is 3.09. The van der Waals surface area contributed by atoms with Crippen molar-refractivity contribution in [1.82, 2.24) is 0 Å². The van der Waals surface area contributed by atoms with Crippen LogP contribution >= 0.6 is 0 Å². The number of hydrogen-bond acceptors (Lipinski definition) is 3. The molecule has 1 saturated carbocycles. The Morgan fingerprint density at radius 2 is 1.57 bits per heavy atom. The summed E-state index contributed by atoms with van der Waals surface area (Å²) in [7, 11) is 0. The van der Waals surface area contributed by atoms with Gasteiger partial charge in [0.25, 0.3) is 0 Å². The molecule has 0 aromatic heterocycles. The topological polar surface area (TPSA) is 46.5 Å². The largest absolute Gasteiger partial charge is 0.463 e. The molecule has 0 heterocycles. The first-order valence-corrected chi connectivity index (χ1v) is 8.40. The molecule has 3 heteroatoms. The van der Waals surface area contributed by atoms with Gasteiger partial charge in [-0.15, -0.1) is 0 Å². The van der Waals surface area contributed by atoms with E-state index in [0.717, 1.165) is 25.7 Å². The molecule has 3 nitrogen and oxygen atoms in total. The Labute approximate surface area is 138 Å². The lowest BCUT2D eigenvalue weighted by Crippen LogP contribution is -2.22. The van der Waals surface area contributed by atoms with Crippen LogP contribution in [0.1, 0.15) is 25.7 Å². The molecule has 0 saturated heterocycles. The quantitative estimate of drug-likeness (QED) is 0.637. The molecule has 1 fully saturated rings. The predicted octanol–water partition coefficient (Wildman–Crippen LogP) is 3.74. The maximum Gasteiger partial charge on any atom is 0.309 e. The summed E-state index contributed by atoms with van der Waals surface area (Å²) in [5, 5.41) is 8.50. The summed E-state index contributed by atoms with van der Waals surface area (Å²) in [6.07, 6.45) is 25.4. The lowest BCUT2D eigenvalue weighted by Gasteiger charge is -2.15. The summed E-state index contributed by atoms with van der Waals surface area (Å²) in [4.78, 5) is 11.4. The van der Waals surface area contributed by atoms with E-state index in [0.29, 0.717) is 11.8 Å². The van der Waals surface area contributed by atoms with Crippen LogP contribution in [0, 0.1) is 17.8 Å². The number of esters is 1. The van der Waals surface area contributed by atoms with E-state index in [1.54, 1.807) is 0 Å². The fourth-order valence-corrected chi connectivity index (χ4v) is 3.09. The van der Waals surface area contributed by atoms with Gasteiger partial charge in [0, 0.05) is 0 Å². The number of allylic oxidation sites excluding steroid dienone is 10. The number of hydrogen-bond donors (Lipinski definition) is 1. The third-order valence-electron chi connectivity index (χ3n) is 4.23. The molecule has 23 heavy (non-hydrogen) atoms. The third-order valence-corrected chi connectivity index (χ3v) is 4.23. The Morgan fingerprint density at radius 3 is 1.91 bits per heavy atom. The van der Waals surface area contributed by atoms with Crippen molar-refractivity contribution in [2.45, 2.75) is 25.7 Å². The first-order valence-electron chi connectivity index (χ1n) is 8.40. The highest BCUT2D eigenvalue weighted by atomic mass is 16.5. The van der Waals surface area contributed by atoms with Crippen LogP contribution in [0.4, 0.5) is 0 Å². The van der Waals surface area contributed by atoms with Crippen molar-refractivity contribution in [3.63, 3.8) is 0 Å². The normalized spacial score (nSPS) is 27.6. The van der Waals surface area contributed by atoms with Gasteiger partial charge in [0.1, 0.15) is 6.61 Å². The first-order chi connectivity index (χ1) is 11.3. The molecular formula is C20H26O3. The number of carbonyl (C=O) groups excluding carboxylic acids is 1. The van der Waals surface area contributed by atoms with Gasteiger partial charge in [0.2, 0.25) is 0 Å². The lowest BCUT2D eigenvalue weighted by atomic mass is 9.94. The number of carbonyl (C=O) groups is 1. The summed E-state index contributed by atoms with van der Waals surface area (Å²) in [6.45, 7) is 0.0544. The molecule has 0 spiro atoms. The van der Waals surface area contributed by atoms with Gasteiger partial charge in [0.15, 0.2) is 0 Å². The van der Waals surface area contributed by atoms with E-state index < -0.39 is 0 Å². The Kier molecular flexibility index (Phi) is 7.61. The highest BCUT2D eigenvalue weighted by Crippen LogP contribution is 2.43. The standard InChI is InChI=1S/C10H14O3.2C5H6/c11-3-4-13-10(12)9-6-7-1-2-8(9)5-7;2*1-2-4-5-3-1/h1-2,7-9,11H,3-6H2;2*1-4H,5H2. The smallest absolute Gasteiger partial charge is 0.309 e. The molecule has 4 rings (SSSR count). The molecule has 3 unspecified atom stereocenters. The summed E-state index contributed by atoms with van der Waals surface area (Å²) < 4.78 is 4.90. The lowest BCUT2D eigenvalue weighted by molar-refractivity contribution is -0.150. The van der Waals surface area contributed by atoms with Crippen molar-refractivity contribution in [1.29, 1.82) is 0 Å². The van der Waals surface area contributed by atoms with Crippen LogP contribution in [-0.2, 0) is 9.53 Å². The minimum Gasteiger partial charge on any atom is -0.463 e. The van der Waals surface area contributed by atoms with E-state index >= 15 is 0 Å². The minimum atomic E-state index is -0.133. The summed E-state index contributed by atoms with van der Waals surface area (Å²) in [5.41, 5.74) is 0. The van der Waals surface area contributed by atoms with Crippen molar-refractivity contribution in [3.05, 3.63) is 60.8 Å². The molecule has 2 bridgehead atoms. The second kappa shape index (κ2) is 10.0. The zero-order chi connectivity index (χ0) is 16.3. The minimum absolute atomic E-state index is 0.0570. The molecule has 0 amide bonds. The van der Waals surface area contributed by atoms with Gasteiger partial charge in [-0.3, -0.25) is 4.79 Å². The maximum absolute atomic E-state index is 11.4. The SMILES string of the molecule is C1=CCC=C1.C1=CCC=C1.O=C(OCCO)C1CC2C=CC1C2. The van der Waals surface area contributed by atoms with Gasteiger partial charge in [0.05, 0.1) is 12.5 Å². The average molecular weight is 314 g/mol. The molecule has 124 valence electrons. The van der Waals surface area contributed by atoms with Crippen LogP contribution in [0.5, 0.6) is 0 Å². The molecule has 0 radical (unpaired) electrons. The van der Waals surface area contributed by atoms with Gasteiger partial charge >= 0.3 is 5.97 Å². The number of aliphatic hydroxyl groups is 1. The zero-order valence-corrected chi connectivity index (χ0v) is 13.5. The van der Waals surface area contributed by atoms with Gasteiger partial charge in [-0.2, -0.15) is 0 Å². The van der Waals surface area contributed by atoms with Crippen LogP contribution in [0.25, 0.3) is 0 Å². The van der Waals surface area contributed by atoms with E-state index in [4.69, 9.17) is 9.84 Å². The van der Waals surface area contributed by atoms with Gasteiger partial charge in [-0.1, -0.05) is 60.8 Å². The highest BCUT2D eigenvalue weighted by molar-refractivity contribution is 5.74. The van der Waals surface area contributed by atoms with Crippen molar-refractivity contribution < 1.29 is 14.6 Å². The van der Waals surface area contributed by atoms with Crippen molar-refractivity contribution in [2.24, 2.45) is 17.8 Å². The summed E-state index contributed by atoms with van der Waals surface area (Å²) in [6, 6.07) is 0. The van der Waals surface area contributed by atoms with Crippen molar-refractivity contribution >= 4 is 5.97 Å². The number of aliphatic hydroxyl groups excluding tert-OH is 1. The van der Waals surface area contributed by atoms with Crippen LogP contribution in [0.2, 0.25) is 0 Å². The summed E-state index contributed by atoms with van der Waals surface area (Å²) >= 11 is 0. The molecule has 3 atom stereocenters. The van der Waals surface area contributed by atoms with Crippen LogP contribution in [0.15, 0.2) is 60.8 Å². The van der Waals surface area contributed by atoms with Crippen molar-refractivity contribution in [3.8, 4) is 0 Å². The summed E-state index contributed by atoms with van der Waals surface area (Å²) in [5.74, 6) is 0.917. The van der Waals surface area contributed by atoms with Gasteiger partial charge < -0.3 is 9.84 Å². The third kappa shape index (κ3) is 6.03. The fraction of sp³-hybridized carbons (Fsp3) is 0.450. The van der Waals surface area contributed by atoms with E-state index in [9.17, 15) is 4.79 Å². The molecule has 0 aliphatic heterocycles. The van der Waals surface area contributed by atoms with Crippen LogP contribution in [-0.4, -0.2) is 24.3 Å². The molecule has 4 aliphatic carbocycles. The van der Waals surface area contributed by atoms with E-state index in [2.05, 4.69) is 60.8 Å². The van der Waals surface area contributed by atoms with E-state index in [-0.39, 0.29) is 25.1 Å². The Morgan fingerprint density at radius 1 is 0.957 bits per heavy atom. The molecular weight excluding hydrogens is 288 g/mol. The predicted molar refractivity (Wildman–Crippen MR) is 92.7 cm³/mol. The Balaban J connectivity index is 0.000000156. The molecule has 0 aromatic rings. The Bertz CT molecular complexity index is 469. The van der Waals surface area contributed by atoms with Crippen LogP contribution in [0.3, 0.4) is 0 Å². The van der Waals surface area contributed by atoms with Gasteiger partial charge in [-0.25, -0.2) is 0 Å². The monoisotopic (exact) mass is 314 g/mol. The molecule has 0 aromatic carbocycles.